The van der Waals surface area contributed by atoms with Crippen molar-refractivity contribution in [3.05, 3.63) is 29.3 Å². The molecule has 0 aliphatic heterocycles. The van der Waals surface area contributed by atoms with E-state index in [1.165, 1.54) is 10.8 Å². The maximum atomic E-state index is 6.20. The number of thiazole rings is 1. The number of rotatable bonds is 10. The molecular formula is C16H25NO3S3Si. The fourth-order valence-electron chi connectivity index (χ4n) is 2.75. The molecule has 0 aliphatic rings. The van der Waals surface area contributed by atoms with Crippen LogP contribution in [-0.2, 0) is 17.6 Å². The Morgan fingerprint density at radius 1 is 1.08 bits per heavy atom. The van der Waals surface area contributed by atoms with E-state index in [9.17, 15) is 0 Å². The summed E-state index contributed by atoms with van der Waals surface area (Å²) in [5.41, 5.74) is 0.991. The van der Waals surface area contributed by atoms with Gasteiger partial charge in [-0.05, 0) is 39.3 Å². The number of aromatic nitrogens is 1. The first-order valence-electron chi connectivity index (χ1n) is 8.23. The summed E-state index contributed by atoms with van der Waals surface area (Å²) in [7, 11) is -1.60. The van der Waals surface area contributed by atoms with E-state index in [1.54, 1.807) is 11.3 Å². The molecule has 1 aromatic carbocycles. The molecule has 134 valence electrons. The van der Waals surface area contributed by atoms with Crippen LogP contribution in [0.2, 0.25) is 0 Å². The van der Waals surface area contributed by atoms with Gasteiger partial charge in [0.1, 0.15) is 9.38 Å². The van der Waals surface area contributed by atoms with E-state index in [1.807, 2.05) is 39.0 Å². The summed E-state index contributed by atoms with van der Waals surface area (Å²) in [6.45, 7) is 9.65. The lowest BCUT2D eigenvalue weighted by atomic mass is 10.3. The molecule has 0 saturated carbocycles. The Morgan fingerprint density at radius 3 is 2.12 bits per heavy atom. The highest BCUT2D eigenvalue weighted by Crippen LogP contribution is 2.52. The molecule has 24 heavy (non-hydrogen) atoms. The maximum Gasteiger partial charge on any atom is 0.526 e. The second-order valence-electron chi connectivity index (χ2n) is 5.11. The molecule has 1 heterocycles. The van der Waals surface area contributed by atoms with Crippen LogP contribution in [-0.4, -0.2) is 33.6 Å². The molecule has 0 amide bonds. The van der Waals surface area contributed by atoms with Gasteiger partial charge in [-0.2, -0.15) is 0 Å². The Morgan fingerprint density at radius 2 is 1.67 bits per heavy atom. The Hall–Kier alpha value is -0.0931. The Bertz CT molecular complexity index is 598. The second-order valence-corrected chi connectivity index (χ2v) is 10.8. The van der Waals surface area contributed by atoms with Gasteiger partial charge in [0.2, 0.25) is 0 Å². The molecule has 0 fully saturated rings. The Balaban J connectivity index is 2.64. The van der Waals surface area contributed by atoms with E-state index in [0.717, 1.165) is 21.6 Å². The predicted molar refractivity (Wildman–Crippen MR) is 109 cm³/mol. The third-order valence-electron chi connectivity index (χ3n) is 3.79. The van der Waals surface area contributed by atoms with Gasteiger partial charge in [-0.1, -0.05) is 29.9 Å². The van der Waals surface area contributed by atoms with Gasteiger partial charge in [0.15, 0.2) is 0 Å². The molecule has 1 atom stereocenters. The predicted octanol–water partition coefficient (Wildman–Crippen LogP) is 5.07. The van der Waals surface area contributed by atoms with E-state index in [4.69, 9.17) is 18.3 Å². The fourth-order valence-corrected chi connectivity index (χ4v) is 10.5. The maximum absolute atomic E-state index is 6.20. The molecule has 0 spiro atoms. The van der Waals surface area contributed by atoms with Crippen molar-refractivity contribution in [1.82, 2.24) is 4.98 Å². The van der Waals surface area contributed by atoms with Crippen LogP contribution >= 0.6 is 33.8 Å². The first-order valence-corrected chi connectivity index (χ1v) is 12.6. The monoisotopic (exact) mass is 403 g/mol. The number of nitrogens with zero attached hydrogens (tertiary/aromatic N) is 1. The summed E-state index contributed by atoms with van der Waals surface area (Å²) in [6, 6.07) is 8.16. The zero-order valence-electron chi connectivity index (χ0n) is 14.6. The van der Waals surface area contributed by atoms with Gasteiger partial charge in [0.25, 0.3) is 0 Å². The van der Waals surface area contributed by atoms with E-state index >= 15 is 0 Å². The number of hydrogen-bond donors (Lipinski definition) is 1. The molecule has 0 radical (unpaired) electrons. The molecule has 1 unspecified atom stereocenters. The lowest BCUT2D eigenvalue weighted by Crippen LogP contribution is -2.61. The first kappa shape index (κ1) is 20.2. The average Bonchev–Trinajstić information content (AvgIpc) is 3.01. The van der Waals surface area contributed by atoms with Gasteiger partial charge in [0, 0.05) is 19.8 Å². The summed E-state index contributed by atoms with van der Waals surface area (Å²) in [5, 5.41) is 0.966. The van der Waals surface area contributed by atoms with Crippen LogP contribution in [0, 0.1) is 0 Å². The molecule has 2 rings (SSSR count). The van der Waals surface area contributed by atoms with E-state index in [0.29, 0.717) is 19.8 Å². The second kappa shape index (κ2) is 9.02. The highest BCUT2D eigenvalue weighted by molar-refractivity contribution is 8.69. The Kier molecular flexibility index (Phi) is 7.60. The minimum absolute atomic E-state index is 0.526. The van der Waals surface area contributed by atoms with E-state index in [2.05, 4.69) is 24.7 Å². The van der Waals surface area contributed by atoms with Gasteiger partial charge in [-0.25, -0.2) is 4.98 Å². The largest absolute Gasteiger partial charge is 0.526 e. The van der Waals surface area contributed by atoms with Gasteiger partial charge in [0.05, 0.1) is 10.2 Å². The van der Waals surface area contributed by atoms with Crippen molar-refractivity contribution in [2.45, 2.75) is 38.5 Å². The molecule has 4 nitrogen and oxygen atoms in total. The van der Waals surface area contributed by atoms with Crippen LogP contribution < -0.4 is 0 Å². The average molecular weight is 404 g/mol. The topological polar surface area (TPSA) is 40.6 Å². The number of thiol groups is 1. The molecule has 1 aromatic heterocycles. The minimum atomic E-state index is -3.04. The van der Waals surface area contributed by atoms with Crippen LogP contribution in [0.25, 0.3) is 10.2 Å². The van der Waals surface area contributed by atoms with Crippen molar-refractivity contribution >= 4 is 52.8 Å². The van der Waals surface area contributed by atoms with Crippen molar-refractivity contribution in [3.63, 3.8) is 0 Å². The molecule has 0 aliphatic carbocycles. The van der Waals surface area contributed by atoms with Crippen LogP contribution in [0.5, 0.6) is 0 Å². The quantitative estimate of drug-likeness (QED) is 0.341. The lowest BCUT2D eigenvalue weighted by molar-refractivity contribution is 0.0567. The van der Waals surface area contributed by atoms with Gasteiger partial charge in [-0.15, -0.1) is 23.0 Å². The van der Waals surface area contributed by atoms with E-state index in [-0.39, 0.29) is 0 Å². The first-order chi connectivity index (χ1) is 11.6. The Labute approximate surface area is 158 Å². The zero-order chi connectivity index (χ0) is 17.6. The van der Waals surface area contributed by atoms with Crippen molar-refractivity contribution in [2.24, 2.45) is 0 Å². The fraction of sp³-hybridized carbons (Fsp3) is 0.562. The number of fused-ring (bicyclic) bond motifs is 1. The van der Waals surface area contributed by atoms with Gasteiger partial charge < -0.3 is 13.3 Å². The summed E-state index contributed by atoms with van der Waals surface area (Å²) in [6.07, 6.45) is 0.771. The number of para-hydroxylation sites is 1. The molecule has 2 aromatic rings. The number of hydrogen-bond acceptors (Lipinski definition) is 7. The van der Waals surface area contributed by atoms with Crippen molar-refractivity contribution in [1.29, 1.82) is 0 Å². The van der Waals surface area contributed by atoms with Gasteiger partial charge in [-0.3, -0.25) is 0 Å². The number of benzene rings is 1. The molecule has 0 N–H and O–H groups in total. The van der Waals surface area contributed by atoms with Crippen molar-refractivity contribution in [3.8, 4) is 0 Å². The SMILES string of the molecule is CCO[Si](OCC)(OCC)C(CC)(SS)c1nc2ccccc2s1. The normalized spacial score (nSPS) is 14.9. The van der Waals surface area contributed by atoms with E-state index < -0.39 is 13.2 Å². The minimum Gasteiger partial charge on any atom is -0.373 e. The highest BCUT2D eigenvalue weighted by atomic mass is 33.1. The smallest absolute Gasteiger partial charge is 0.373 e. The standard InChI is InChI=1S/C16H25NO3S3Si/c1-5-16(23-21,24(18-6-2,19-7-3)20-8-4)15-17-13-11-9-10-12-14(13)22-15/h9-12,21H,5-8H2,1-4H3. The van der Waals surface area contributed by atoms with Crippen LogP contribution in [0.1, 0.15) is 39.1 Å². The molecule has 8 heteroatoms. The van der Waals surface area contributed by atoms with Crippen LogP contribution in [0.3, 0.4) is 0 Å². The highest BCUT2D eigenvalue weighted by Gasteiger charge is 2.63. The van der Waals surface area contributed by atoms with Crippen LogP contribution in [0.15, 0.2) is 24.3 Å². The summed E-state index contributed by atoms with van der Waals surface area (Å²) in [5.74, 6) is 0. The molecule has 0 bridgehead atoms. The third-order valence-corrected chi connectivity index (χ3v) is 12.2. The summed E-state index contributed by atoms with van der Waals surface area (Å²) in [4.78, 5) is 4.88. The van der Waals surface area contributed by atoms with Crippen molar-refractivity contribution in [2.75, 3.05) is 19.8 Å². The lowest BCUT2D eigenvalue weighted by Gasteiger charge is -2.41. The third kappa shape index (κ3) is 3.55. The molecular weight excluding hydrogens is 378 g/mol. The molecule has 0 saturated heterocycles. The van der Waals surface area contributed by atoms with Crippen molar-refractivity contribution < 1.29 is 13.3 Å². The summed E-state index contributed by atoms with van der Waals surface area (Å²) >= 11 is 6.30. The van der Waals surface area contributed by atoms with Crippen LogP contribution in [0.4, 0.5) is 0 Å². The zero-order valence-corrected chi connectivity index (χ0v) is 18.1. The van der Waals surface area contributed by atoms with Gasteiger partial charge >= 0.3 is 8.80 Å². The summed E-state index contributed by atoms with van der Waals surface area (Å²) < 4.78 is 19.2.